The minimum atomic E-state index is 0.358. The van der Waals surface area contributed by atoms with Gasteiger partial charge in [0.15, 0.2) is 0 Å². The Balaban J connectivity index is 1.87. The fourth-order valence-corrected chi connectivity index (χ4v) is 3.53. The van der Waals surface area contributed by atoms with Crippen LogP contribution in [-0.2, 0) is 6.54 Å². The van der Waals surface area contributed by atoms with Crippen molar-refractivity contribution in [3.63, 3.8) is 0 Å². The number of hydrogen-bond acceptors (Lipinski definition) is 5. The SMILES string of the molecule is COc1ccc(OC)c(CN2CCCC2c2c(C)noc2C)c1. The van der Waals surface area contributed by atoms with Crippen molar-refractivity contribution in [2.45, 2.75) is 39.3 Å². The third kappa shape index (κ3) is 3.06. The number of benzene rings is 1. The van der Waals surface area contributed by atoms with Gasteiger partial charge in [0, 0.05) is 23.7 Å². The molecule has 1 unspecified atom stereocenters. The molecule has 0 radical (unpaired) electrons. The molecule has 1 saturated heterocycles. The van der Waals surface area contributed by atoms with Crippen LogP contribution in [0, 0.1) is 13.8 Å². The number of methoxy groups -OCH3 is 2. The Kier molecular flexibility index (Phi) is 4.57. The number of hydrogen-bond donors (Lipinski definition) is 0. The molecule has 5 nitrogen and oxygen atoms in total. The molecular weight excluding hydrogens is 292 g/mol. The van der Waals surface area contributed by atoms with Crippen molar-refractivity contribution in [1.82, 2.24) is 10.1 Å². The Morgan fingerprint density at radius 1 is 1.26 bits per heavy atom. The molecule has 0 spiro atoms. The van der Waals surface area contributed by atoms with Crippen molar-refractivity contribution >= 4 is 0 Å². The standard InChI is InChI=1S/C18H24N2O3/c1-12-18(13(2)23-19-12)16-6-5-9-20(16)11-14-10-15(21-3)7-8-17(14)22-4/h7-8,10,16H,5-6,9,11H2,1-4H3. The van der Waals surface area contributed by atoms with Gasteiger partial charge in [-0.2, -0.15) is 0 Å². The zero-order valence-electron chi connectivity index (χ0n) is 14.3. The van der Waals surface area contributed by atoms with Gasteiger partial charge in [-0.15, -0.1) is 0 Å². The molecule has 2 aromatic rings. The molecule has 0 N–H and O–H groups in total. The van der Waals surface area contributed by atoms with Gasteiger partial charge in [0.05, 0.1) is 19.9 Å². The van der Waals surface area contributed by atoms with Gasteiger partial charge in [0.1, 0.15) is 17.3 Å². The van der Waals surface area contributed by atoms with Crippen LogP contribution in [0.25, 0.3) is 0 Å². The van der Waals surface area contributed by atoms with Crippen molar-refractivity contribution < 1.29 is 14.0 Å². The van der Waals surface area contributed by atoms with Crippen molar-refractivity contribution in [3.05, 3.63) is 40.8 Å². The van der Waals surface area contributed by atoms with Gasteiger partial charge in [-0.3, -0.25) is 4.90 Å². The molecule has 0 amide bonds. The highest BCUT2D eigenvalue weighted by atomic mass is 16.5. The van der Waals surface area contributed by atoms with Crippen LogP contribution in [0.3, 0.4) is 0 Å². The summed E-state index contributed by atoms with van der Waals surface area (Å²) in [6.07, 6.45) is 2.32. The minimum Gasteiger partial charge on any atom is -0.497 e. The Morgan fingerprint density at radius 2 is 2.09 bits per heavy atom. The Hall–Kier alpha value is -2.01. The summed E-state index contributed by atoms with van der Waals surface area (Å²) >= 11 is 0. The monoisotopic (exact) mass is 316 g/mol. The molecule has 1 aliphatic heterocycles. The van der Waals surface area contributed by atoms with E-state index in [0.29, 0.717) is 6.04 Å². The Morgan fingerprint density at radius 3 is 2.74 bits per heavy atom. The molecule has 3 rings (SSSR count). The molecular formula is C18H24N2O3. The average molecular weight is 316 g/mol. The molecule has 124 valence electrons. The van der Waals surface area contributed by atoms with Crippen LogP contribution in [0.1, 0.15) is 41.5 Å². The molecule has 0 saturated carbocycles. The van der Waals surface area contributed by atoms with E-state index in [1.807, 2.05) is 26.0 Å². The van der Waals surface area contributed by atoms with Gasteiger partial charge in [0.25, 0.3) is 0 Å². The summed E-state index contributed by atoms with van der Waals surface area (Å²) < 4.78 is 16.2. The van der Waals surface area contributed by atoms with Crippen LogP contribution in [0.2, 0.25) is 0 Å². The highest BCUT2D eigenvalue weighted by Gasteiger charge is 2.31. The van der Waals surface area contributed by atoms with Crippen molar-refractivity contribution in [3.8, 4) is 11.5 Å². The first-order chi connectivity index (χ1) is 11.1. The lowest BCUT2D eigenvalue weighted by Gasteiger charge is -2.25. The van der Waals surface area contributed by atoms with E-state index in [9.17, 15) is 0 Å². The zero-order valence-corrected chi connectivity index (χ0v) is 14.3. The summed E-state index contributed by atoms with van der Waals surface area (Å²) in [5, 5.41) is 4.12. The van der Waals surface area contributed by atoms with Crippen LogP contribution in [-0.4, -0.2) is 30.8 Å². The summed E-state index contributed by atoms with van der Waals surface area (Å²) in [4.78, 5) is 2.48. The second-order valence-corrected chi connectivity index (χ2v) is 6.04. The fourth-order valence-electron chi connectivity index (χ4n) is 3.53. The van der Waals surface area contributed by atoms with Gasteiger partial charge in [-0.25, -0.2) is 0 Å². The van der Waals surface area contributed by atoms with Crippen LogP contribution >= 0.6 is 0 Å². The highest BCUT2D eigenvalue weighted by molar-refractivity contribution is 5.40. The Bertz CT molecular complexity index is 661. The first-order valence-corrected chi connectivity index (χ1v) is 8.01. The summed E-state index contributed by atoms with van der Waals surface area (Å²) in [5.74, 6) is 2.68. The number of rotatable bonds is 5. The van der Waals surface area contributed by atoms with Crippen LogP contribution in [0.5, 0.6) is 11.5 Å². The van der Waals surface area contributed by atoms with Gasteiger partial charge < -0.3 is 14.0 Å². The Labute approximate surface area is 137 Å². The van der Waals surface area contributed by atoms with E-state index < -0.39 is 0 Å². The predicted octanol–water partition coefficient (Wildman–Crippen LogP) is 3.65. The van der Waals surface area contributed by atoms with Crippen molar-refractivity contribution in [1.29, 1.82) is 0 Å². The first-order valence-electron chi connectivity index (χ1n) is 8.01. The van der Waals surface area contributed by atoms with E-state index in [1.165, 1.54) is 12.0 Å². The van der Waals surface area contributed by atoms with Crippen LogP contribution in [0.4, 0.5) is 0 Å². The maximum Gasteiger partial charge on any atom is 0.138 e. The van der Waals surface area contributed by atoms with Crippen molar-refractivity contribution in [2.75, 3.05) is 20.8 Å². The number of likely N-dealkylation sites (tertiary alicyclic amines) is 1. The van der Waals surface area contributed by atoms with Gasteiger partial charge >= 0.3 is 0 Å². The normalized spacial score (nSPS) is 18.3. The van der Waals surface area contributed by atoms with E-state index >= 15 is 0 Å². The maximum atomic E-state index is 5.52. The smallest absolute Gasteiger partial charge is 0.138 e. The molecule has 1 atom stereocenters. The molecule has 23 heavy (non-hydrogen) atoms. The second kappa shape index (κ2) is 6.62. The van der Waals surface area contributed by atoms with E-state index in [0.717, 1.165) is 48.0 Å². The molecule has 1 aromatic carbocycles. The van der Waals surface area contributed by atoms with Gasteiger partial charge in [-0.1, -0.05) is 5.16 Å². The number of aryl methyl sites for hydroxylation is 2. The maximum absolute atomic E-state index is 5.52. The predicted molar refractivity (Wildman–Crippen MR) is 87.9 cm³/mol. The highest BCUT2D eigenvalue weighted by Crippen LogP contribution is 2.37. The zero-order chi connectivity index (χ0) is 16.4. The molecule has 2 heterocycles. The topological polar surface area (TPSA) is 47.7 Å². The lowest BCUT2D eigenvalue weighted by atomic mass is 10.0. The van der Waals surface area contributed by atoms with E-state index in [1.54, 1.807) is 14.2 Å². The fraction of sp³-hybridized carbons (Fsp3) is 0.500. The molecule has 0 aliphatic carbocycles. The van der Waals surface area contributed by atoms with E-state index in [2.05, 4.69) is 16.1 Å². The van der Waals surface area contributed by atoms with Crippen molar-refractivity contribution in [2.24, 2.45) is 0 Å². The second-order valence-electron chi connectivity index (χ2n) is 6.04. The molecule has 1 aliphatic rings. The van der Waals surface area contributed by atoms with Gasteiger partial charge in [-0.05, 0) is 51.4 Å². The van der Waals surface area contributed by atoms with Crippen LogP contribution < -0.4 is 9.47 Å². The van der Waals surface area contributed by atoms with E-state index in [-0.39, 0.29) is 0 Å². The summed E-state index contributed by atoms with van der Waals surface area (Å²) in [5.41, 5.74) is 3.38. The summed E-state index contributed by atoms with van der Waals surface area (Å²) in [6, 6.07) is 6.31. The third-order valence-corrected chi connectivity index (χ3v) is 4.65. The molecule has 1 aromatic heterocycles. The minimum absolute atomic E-state index is 0.358. The largest absolute Gasteiger partial charge is 0.497 e. The summed E-state index contributed by atoms with van der Waals surface area (Å²) in [6.45, 7) is 5.91. The lowest BCUT2D eigenvalue weighted by molar-refractivity contribution is 0.241. The molecule has 5 heteroatoms. The first kappa shape index (κ1) is 15.9. The quantitative estimate of drug-likeness (QED) is 0.842. The number of aromatic nitrogens is 1. The van der Waals surface area contributed by atoms with Crippen LogP contribution in [0.15, 0.2) is 22.7 Å². The summed E-state index contributed by atoms with van der Waals surface area (Å²) in [7, 11) is 3.40. The van der Waals surface area contributed by atoms with Gasteiger partial charge in [0.2, 0.25) is 0 Å². The molecule has 1 fully saturated rings. The lowest BCUT2D eigenvalue weighted by Crippen LogP contribution is -2.23. The van der Waals surface area contributed by atoms with E-state index in [4.69, 9.17) is 14.0 Å². The molecule has 0 bridgehead atoms. The number of nitrogens with zero attached hydrogens (tertiary/aromatic N) is 2. The number of ether oxygens (including phenoxy) is 2. The average Bonchev–Trinajstić information content (AvgIpc) is 3.13. The third-order valence-electron chi connectivity index (χ3n) is 4.65.